The van der Waals surface area contributed by atoms with Gasteiger partial charge in [-0.1, -0.05) is 13.0 Å². The molecule has 0 spiro atoms. The van der Waals surface area contributed by atoms with Crippen molar-refractivity contribution >= 4 is 29.9 Å². The summed E-state index contributed by atoms with van der Waals surface area (Å²) in [6.07, 6.45) is 0. The zero-order valence-corrected chi connectivity index (χ0v) is 16.4. The van der Waals surface area contributed by atoms with E-state index in [2.05, 4.69) is 17.2 Å². The van der Waals surface area contributed by atoms with Crippen LogP contribution in [0.5, 0.6) is 5.75 Å². The fourth-order valence-corrected chi connectivity index (χ4v) is 2.39. The quantitative estimate of drug-likeness (QED) is 0.437. The van der Waals surface area contributed by atoms with Crippen molar-refractivity contribution in [2.75, 3.05) is 41.0 Å². The molecule has 1 aromatic rings. The average molecular weight is 437 g/mol. The van der Waals surface area contributed by atoms with Crippen molar-refractivity contribution in [1.29, 1.82) is 0 Å². The molecule has 1 fully saturated rings. The maximum atomic E-state index is 13.7. The second-order valence-electron chi connectivity index (χ2n) is 6.03. The Hall–Kier alpha value is -1.09. The van der Waals surface area contributed by atoms with Crippen molar-refractivity contribution in [1.82, 2.24) is 10.2 Å². The molecule has 1 N–H and O–H groups in total. The zero-order chi connectivity index (χ0) is 16.2. The van der Waals surface area contributed by atoms with E-state index in [-0.39, 0.29) is 41.0 Å². The van der Waals surface area contributed by atoms with E-state index in [1.54, 1.807) is 13.1 Å². The van der Waals surface area contributed by atoms with Gasteiger partial charge < -0.3 is 19.7 Å². The first-order valence-corrected chi connectivity index (χ1v) is 7.29. The van der Waals surface area contributed by atoms with Crippen molar-refractivity contribution < 1.29 is 13.9 Å². The fraction of sp³-hybridized carbons (Fsp3) is 0.562. The van der Waals surface area contributed by atoms with E-state index in [0.29, 0.717) is 6.54 Å². The molecule has 0 unspecified atom stereocenters. The molecule has 0 aromatic heterocycles. The second-order valence-corrected chi connectivity index (χ2v) is 6.03. The largest absolute Gasteiger partial charge is 0.494 e. The Balaban J connectivity index is 0.00000264. The van der Waals surface area contributed by atoms with Crippen LogP contribution in [0.2, 0.25) is 0 Å². The Morgan fingerprint density at radius 3 is 2.65 bits per heavy atom. The standard InChI is InChI=1S/C16H24FN3O2.HI/c1-16(10-22-11-16)9-19-15(18-2)20(3)8-12-5-6-14(21-4)13(17)7-12;/h5-7H,8-11H2,1-4H3,(H,18,19);1H. The molecule has 1 aliphatic rings. The van der Waals surface area contributed by atoms with Crippen molar-refractivity contribution in [3.63, 3.8) is 0 Å². The summed E-state index contributed by atoms with van der Waals surface area (Å²) in [7, 11) is 5.13. The highest BCUT2D eigenvalue weighted by atomic mass is 127. The summed E-state index contributed by atoms with van der Waals surface area (Å²) in [4.78, 5) is 6.24. The SMILES string of the molecule is CN=C(NCC1(C)COC1)N(C)Cc1ccc(OC)c(F)c1.I. The molecule has 0 saturated carbocycles. The van der Waals surface area contributed by atoms with Gasteiger partial charge in [-0.2, -0.15) is 0 Å². The highest BCUT2D eigenvalue weighted by Gasteiger charge is 2.33. The van der Waals surface area contributed by atoms with Crippen LogP contribution in [-0.4, -0.2) is 51.8 Å². The molecule has 1 saturated heterocycles. The lowest BCUT2D eigenvalue weighted by Gasteiger charge is -2.39. The van der Waals surface area contributed by atoms with Crippen LogP contribution in [0.1, 0.15) is 12.5 Å². The number of nitrogens with one attached hydrogen (secondary N) is 1. The third-order valence-electron chi connectivity index (χ3n) is 3.78. The molecule has 0 bridgehead atoms. The van der Waals surface area contributed by atoms with Crippen LogP contribution in [0, 0.1) is 11.2 Å². The summed E-state index contributed by atoms with van der Waals surface area (Å²) in [5.41, 5.74) is 1.03. The molecule has 1 heterocycles. The van der Waals surface area contributed by atoms with Gasteiger partial charge in [-0.3, -0.25) is 4.99 Å². The summed E-state index contributed by atoms with van der Waals surface area (Å²) >= 11 is 0. The van der Waals surface area contributed by atoms with Gasteiger partial charge in [-0.15, -0.1) is 24.0 Å². The van der Waals surface area contributed by atoms with Gasteiger partial charge in [0.2, 0.25) is 0 Å². The predicted octanol–water partition coefficient (Wildman–Crippen LogP) is 2.50. The van der Waals surface area contributed by atoms with E-state index < -0.39 is 0 Å². The van der Waals surface area contributed by atoms with Gasteiger partial charge >= 0.3 is 0 Å². The normalized spacial score (nSPS) is 16.1. The van der Waals surface area contributed by atoms with Gasteiger partial charge in [-0.25, -0.2) is 4.39 Å². The number of halogens is 2. The second kappa shape index (κ2) is 8.68. The van der Waals surface area contributed by atoms with Crippen LogP contribution < -0.4 is 10.1 Å². The number of ether oxygens (including phenoxy) is 2. The van der Waals surface area contributed by atoms with Gasteiger partial charge in [0, 0.05) is 32.6 Å². The molecule has 0 aliphatic carbocycles. The first kappa shape index (κ1) is 20.0. The summed E-state index contributed by atoms with van der Waals surface area (Å²) in [5, 5.41) is 3.35. The molecule has 1 aromatic carbocycles. The number of methoxy groups -OCH3 is 1. The molecule has 23 heavy (non-hydrogen) atoms. The first-order chi connectivity index (χ1) is 10.5. The molecule has 130 valence electrons. The van der Waals surface area contributed by atoms with Gasteiger partial charge in [0.1, 0.15) is 0 Å². The van der Waals surface area contributed by atoms with Crippen molar-refractivity contribution in [2.24, 2.45) is 10.4 Å². The number of aliphatic imine (C=N–C) groups is 1. The first-order valence-electron chi connectivity index (χ1n) is 7.29. The molecule has 7 heteroatoms. The maximum absolute atomic E-state index is 13.7. The van der Waals surface area contributed by atoms with Gasteiger partial charge in [0.05, 0.1) is 20.3 Å². The highest BCUT2D eigenvalue weighted by molar-refractivity contribution is 14.0. The van der Waals surface area contributed by atoms with E-state index in [0.717, 1.165) is 31.3 Å². The number of nitrogens with zero attached hydrogens (tertiary/aromatic N) is 2. The Morgan fingerprint density at radius 1 is 1.48 bits per heavy atom. The van der Waals surface area contributed by atoms with Gasteiger partial charge in [0.25, 0.3) is 0 Å². The maximum Gasteiger partial charge on any atom is 0.193 e. The monoisotopic (exact) mass is 437 g/mol. The van der Waals surface area contributed by atoms with Gasteiger partial charge in [0.15, 0.2) is 17.5 Å². The van der Waals surface area contributed by atoms with Crippen molar-refractivity contribution in [3.8, 4) is 5.75 Å². The third-order valence-corrected chi connectivity index (χ3v) is 3.78. The third kappa shape index (κ3) is 5.20. The van der Waals surface area contributed by atoms with Gasteiger partial charge in [-0.05, 0) is 17.7 Å². The number of hydrogen-bond acceptors (Lipinski definition) is 3. The predicted molar refractivity (Wildman–Crippen MR) is 100 cm³/mol. The van der Waals surface area contributed by atoms with Crippen LogP contribution in [0.3, 0.4) is 0 Å². The summed E-state index contributed by atoms with van der Waals surface area (Å²) < 4.78 is 23.9. The molecule has 1 aliphatic heterocycles. The van der Waals surface area contributed by atoms with E-state index in [1.807, 2.05) is 18.0 Å². The molecular weight excluding hydrogens is 412 g/mol. The Kier molecular flexibility index (Phi) is 7.53. The van der Waals surface area contributed by atoms with Crippen LogP contribution in [0.4, 0.5) is 4.39 Å². The van der Waals surface area contributed by atoms with E-state index in [4.69, 9.17) is 9.47 Å². The zero-order valence-electron chi connectivity index (χ0n) is 14.1. The number of benzene rings is 1. The summed E-state index contributed by atoms with van der Waals surface area (Å²) in [6.45, 7) is 5.08. The van der Waals surface area contributed by atoms with Crippen LogP contribution >= 0.6 is 24.0 Å². The summed E-state index contributed by atoms with van der Waals surface area (Å²) in [5.74, 6) is 0.687. The van der Waals surface area contributed by atoms with E-state index in [9.17, 15) is 4.39 Å². The number of hydrogen-bond donors (Lipinski definition) is 1. The Morgan fingerprint density at radius 2 is 2.17 bits per heavy atom. The molecular formula is C16H25FIN3O2. The van der Waals surface area contributed by atoms with Crippen LogP contribution in [0.15, 0.2) is 23.2 Å². The minimum Gasteiger partial charge on any atom is -0.494 e. The van der Waals surface area contributed by atoms with E-state index >= 15 is 0 Å². The summed E-state index contributed by atoms with van der Waals surface area (Å²) in [6, 6.07) is 4.98. The molecule has 5 nitrogen and oxygen atoms in total. The molecule has 0 radical (unpaired) electrons. The van der Waals surface area contributed by atoms with Crippen LogP contribution in [-0.2, 0) is 11.3 Å². The lowest BCUT2D eigenvalue weighted by Crippen LogP contribution is -2.51. The lowest BCUT2D eigenvalue weighted by molar-refractivity contribution is -0.0972. The van der Waals surface area contributed by atoms with Crippen molar-refractivity contribution in [3.05, 3.63) is 29.6 Å². The minimum absolute atomic E-state index is 0. The number of guanidine groups is 1. The molecule has 0 amide bonds. The smallest absolute Gasteiger partial charge is 0.193 e. The van der Waals surface area contributed by atoms with Crippen molar-refractivity contribution in [2.45, 2.75) is 13.5 Å². The fourth-order valence-electron chi connectivity index (χ4n) is 2.39. The number of rotatable bonds is 5. The average Bonchev–Trinajstić information content (AvgIpc) is 2.46. The molecule has 0 atom stereocenters. The lowest BCUT2D eigenvalue weighted by atomic mass is 9.89. The Bertz CT molecular complexity index is 550. The van der Waals surface area contributed by atoms with Crippen LogP contribution in [0.25, 0.3) is 0 Å². The minimum atomic E-state index is -0.351. The topological polar surface area (TPSA) is 46.1 Å². The van der Waals surface area contributed by atoms with E-state index in [1.165, 1.54) is 13.2 Å². The highest BCUT2D eigenvalue weighted by Crippen LogP contribution is 2.25. The molecule has 2 rings (SSSR count). The Labute approximate surface area is 154 Å².